The quantitative estimate of drug-likeness (QED) is 0.743. The van der Waals surface area contributed by atoms with Gasteiger partial charge in [-0.1, -0.05) is 0 Å². The molecule has 0 aliphatic rings. The van der Waals surface area contributed by atoms with E-state index >= 15 is 0 Å². The molecule has 78 valence electrons. The number of nitrogens with zero attached hydrogens (tertiary/aromatic N) is 2. The molecular formula is C11H19N3. The van der Waals surface area contributed by atoms with E-state index in [-0.39, 0.29) is 5.54 Å². The highest BCUT2D eigenvalue weighted by molar-refractivity contribution is 5.63. The van der Waals surface area contributed by atoms with Crippen LogP contribution in [-0.4, -0.2) is 17.6 Å². The highest BCUT2D eigenvalue weighted by Gasteiger charge is 2.20. The molecule has 0 saturated carbocycles. The van der Waals surface area contributed by atoms with Gasteiger partial charge in [0.05, 0.1) is 5.69 Å². The highest BCUT2D eigenvalue weighted by atomic mass is 15.2. The fraction of sp³-hybridized carbons (Fsp3) is 0.545. The number of hydrogen-bond acceptors (Lipinski definition) is 3. The molecule has 0 saturated heterocycles. The predicted molar refractivity (Wildman–Crippen MR) is 61.5 cm³/mol. The molecule has 0 fully saturated rings. The van der Waals surface area contributed by atoms with Crippen LogP contribution in [0.25, 0.3) is 0 Å². The van der Waals surface area contributed by atoms with Crippen LogP contribution < -0.4 is 10.6 Å². The Balaban J connectivity index is 3.08. The zero-order valence-electron chi connectivity index (χ0n) is 9.63. The fourth-order valence-electron chi connectivity index (χ4n) is 1.18. The summed E-state index contributed by atoms with van der Waals surface area (Å²) in [6.45, 7) is 8.39. The van der Waals surface area contributed by atoms with Gasteiger partial charge < -0.3 is 10.6 Å². The van der Waals surface area contributed by atoms with Crippen LogP contribution >= 0.6 is 0 Å². The third-order valence-electron chi connectivity index (χ3n) is 2.36. The van der Waals surface area contributed by atoms with Gasteiger partial charge in [-0.05, 0) is 39.3 Å². The van der Waals surface area contributed by atoms with Crippen molar-refractivity contribution in [2.45, 2.75) is 33.2 Å². The van der Waals surface area contributed by atoms with Crippen LogP contribution in [0.3, 0.4) is 0 Å². The van der Waals surface area contributed by atoms with Gasteiger partial charge in [-0.2, -0.15) is 0 Å². The first-order valence-corrected chi connectivity index (χ1v) is 4.78. The molecule has 2 N–H and O–H groups in total. The van der Waals surface area contributed by atoms with Gasteiger partial charge in [0.1, 0.15) is 0 Å². The smallest absolute Gasteiger partial charge is 0.151 e. The van der Waals surface area contributed by atoms with Gasteiger partial charge in [0.25, 0.3) is 0 Å². The molecule has 0 amide bonds. The Labute approximate surface area is 85.9 Å². The lowest BCUT2D eigenvalue weighted by Crippen LogP contribution is -2.39. The van der Waals surface area contributed by atoms with Crippen molar-refractivity contribution in [2.24, 2.45) is 0 Å². The average Bonchev–Trinajstić information content (AvgIpc) is 2.01. The van der Waals surface area contributed by atoms with Crippen LogP contribution in [0.2, 0.25) is 0 Å². The van der Waals surface area contributed by atoms with E-state index in [2.05, 4.69) is 30.7 Å². The molecule has 1 rings (SSSR count). The van der Waals surface area contributed by atoms with Crippen LogP contribution in [0.15, 0.2) is 12.3 Å². The van der Waals surface area contributed by atoms with E-state index in [0.717, 1.165) is 17.1 Å². The lowest BCUT2D eigenvalue weighted by molar-refractivity contribution is 0.534. The molecule has 14 heavy (non-hydrogen) atoms. The summed E-state index contributed by atoms with van der Waals surface area (Å²) in [6, 6.07) is 1.95. The molecule has 0 radical (unpaired) electrons. The maximum absolute atomic E-state index is 5.91. The Kier molecular flexibility index (Phi) is 2.69. The van der Waals surface area contributed by atoms with E-state index in [9.17, 15) is 0 Å². The first kappa shape index (κ1) is 10.8. The maximum Gasteiger partial charge on any atom is 0.151 e. The van der Waals surface area contributed by atoms with Crippen molar-refractivity contribution in [1.82, 2.24) is 4.98 Å². The van der Waals surface area contributed by atoms with Gasteiger partial charge in [-0.25, -0.2) is 4.98 Å². The molecule has 0 atom stereocenters. The zero-order chi connectivity index (χ0) is 10.9. The number of nitrogens with two attached hydrogens (primary N) is 1. The van der Waals surface area contributed by atoms with Gasteiger partial charge in [0.2, 0.25) is 0 Å². The van der Waals surface area contributed by atoms with Crippen LogP contribution in [0.4, 0.5) is 11.5 Å². The summed E-state index contributed by atoms with van der Waals surface area (Å²) in [5.74, 6) is 0.850. The summed E-state index contributed by atoms with van der Waals surface area (Å²) in [5.41, 5.74) is 7.78. The normalized spacial score (nSPS) is 11.5. The minimum atomic E-state index is 0.0381. The zero-order valence-corrected chi connectivity index (χ0v) is 9.63. The van der Waals surface area contributed by atoms with E-state index in [1.165, 1.54) is 0 Å². The maximum atomic E-state index is 5.91. The molecule has 0 bridgehead atoms. The van der Waals surface area contributed by atoms with Crippen molar-refractivity contribution in [1.29, 1.82) is 0 Å². The van der Waals surface area contributed by atoms with Gasteiger partial charge in [0, 0.05) is 18.8 Å². The highest BCUT2D eigenvalue weighted by Crippen LogP contribution is 2.25. The summed E-state index contributed by atoms with van der Waals surface area (Å²) >= 11 is 0. The lowest BCUT2D eigenvalue weighted by atomic mass is 10.1. The Hall–Kier alpha value is -1.25. The standard InChI is InChI=1S/C11H19N3/c1-8-6-9(12)10(13-7-8)14(5)11(2,3)4/h6-7H,12H2,1-5H3. The van der Waals surface area contributed by atoms with Crippen molar-refractivity contribution < 1.29 is 0 Å². The van der Waals surface area contributed by atoms with Crippen LogP contribution in [0.5, 0.6) is 0 Å². The largest absolute Gasteiger partial charge is 0.396 e. The van der Waals surface area contributed by atoms with Crippen LogP contribution in [-0.2, 0) is 0 Å². The lowest BCUT2D eigenvalue weighted by Gasteiger charge is -2.33. The van der Waals surface area contributed by atoms with Gasteiger partial charge in [-0.3, -0.25) is 0 Å². The van der Waals surface area contributed by atoms with E-state index in [0.29, 0.717) is 0 Å². The van der Waals surface area contributed by atoms with E-state index < -0.39 is 0 Å². The summed E-state index contributed by atoms with van der Waals surface area (Å²) in [4.78, 5) is 6.43. The molecule has 0 aromatic carbocycles. The second-order valence-corrected chi connectivity index (χ2v) is 4.66. The Morgan fingerprint density at radius 3 is 2.36 bits per heavy atom. The van der Waals surface area contributed by atoms with Crippen LogP contribution in [0, 0.1) is 6.92 Å². The molecule has 1 heterocycles. The van der Waals surface area contributed by atoms with Crippen LogP contribution in [0.1, 0.15) is 26.3 Å². The van der Waals surface area contributed by atoms with Crippen molar-refractivity contribution in [3.63, 3.8) is 0 Å². The van der Waals surface area contributed by atoms with E-state index in [1.54, 1.807) is 0 Å². The van der Waals surface area contributed by atoms with E-state index in [1.807, 2.05) is 26.2 Å². The second-order valence-electron chi connectivity index (χ2n) is 4.66. The Morgan fingerprint density at radius 1 is 1.36 bits per heavy atom. The third kappa shape index (κ3) is 2.16. The molecule has 0 spiro atoms. The van der Waals surface area contributed by atoms with Crippen molar-refractivity contribution in [3.05, 3.63) is 17.8 Å². The van der Waals surface area contributed by atoms with E-state index in [4.69, 9.17) is 5.73 Å². The molecule has 3 nitrogen and oxygen atoms in total. The third-order valence-corrected chi connectivity index (χ3v) is 2.36. The van der Waals surface area contributed by atoms with Gasteiger partial charge in [0.15, 0.2) is 5.82 Å². The number of anilines is 2. The topological polar surface area (TPSA) is 42.2 Å². The van der Waals surface area contributed by atoms with Gasteiger partial charge >= 0.3 is 0 Å². The van der Waals surface area contributed by atoms with Crippen molar-refractivity contribution in [2.75, 3.05) is 17.7 Å². The number of aromatic nitrogens is 1. The fourth-order valence-corrected chi connectivity index (χ4v) is 1.18. The summed E-state index contributed by atoms with van der Waals surface area (Å²) in [5, 5.41) is 0. The molecule has 0 aliphatic carbocycles. The minimum Gasteiger partial charge on any atom is -0.396 e. The average molecular weight is 193 g/mol. The van der Waals surface area contributed by atoms with Gasteiger partial charge in [-0.15, -0.1) is 0 Å². The molecule has 1 aromatic rings. The Morgan fingerprint density at radius 2 is 1.93 bits per heavy atom. The Bertz CT molecular complexity index is 326. The monoisotopic (exact) mass is 193 g/mol. The SMILES string of the molecule is Cc1cnc(N(C)C(C)(C)C)c(N)c1. The molecule has 1 aromatic heterocycles. The van der Waals surface area contributed by atoms with Crippen molar-refractivity contribution >= 4 is 11.5 Å². The molecule has 0 aliphatic heterocycles. The molecule has 0 unspecified atom stereocenters. The number of nitrogen functional groups attached to an aromatic ring is 1. The predicted octanol–water partition coefficient (Wildman–Crippen LogP) is 2.21. The second kappa shape index (κ2) is 3.48. The number of pyridine rings is 1. The summed E-state index contributed by atoms with van der Waals surface area (Å²) in [7, 11) is 2.01. The summed E-state index contributed by atoms with van der Waals surface area (Å²) in [6.07, 6.45) is 1.84. The number of hydrogen-bond donors (Lipinski definition) is 1. The summed E-state index contributed by atoms with van der Waals surface area (Å²) < 4.78 is 0. The number of aryl methyl sites for hydroxylation is 1. The first-order chi connectivity index (χ1) is 6.32. The molecule has 3 heteroatoms. The first-order valence-electron chi connectivity index (χ1n) is 4.78. The minimum absolute atomic E-state index is 0.0381. The number of rotatable bonds is 1. The molecular weight excluding hydrogens is 174 g/mol. The van der Waals surface area contributed by atoms with Crippen molar-refractivity contribution in [3.8, 4) is 0 Å².